The summed E-state index contributed by atoms with van der Waals surface area (Å²) >= 11 is 0. The minimum Gasteiger partial charge on any atom is -0.372 e. The van der Waals surface area contributed by atoms with Gasteiger partial charge in [-0.2, -0.15) is 10.4 Å². The summed E-state index contributed by atoms with van der Waals surface area (Å²) in [4.78, 5) is 4.46. The molecule has 0 aliphatic rings. The largest absolute Gasteiger partial charge is 0.372 e. The summed E-state index contributed by atoms with van der Waals surface area (Å²) in [5, 5.41) is 30.7. The van der Waals surface area contributed by atoms with Crippen LogP contribution in [-0.2, 0) is 13.5 Å². The number of aliphatic hydroxyl groups excluding tert-OH is 1. The molecule has 2 unspecified atom stereocenters. The molecule has 2 atom stereocenters. The van der Waals surface area contributed by atoms with E-state index in [1.807, 2.05) is 80.0 Å². The average molecular weight is 439 g/mol. The maximum absolute atomic E-state index is 11.0. The number of pyridine rings is 1. The van der Waals surface area contributed by atoms with Crippen LogP contribution in [0, 0.1) is 11.3 Å². The summed E-state index contributed by atoms with van der Waals surface area (Å²) in [7, 11) is 1.88. The van der Waals surface area contributed by atoms with Crippen LogP contribution in [0.2, 0.25) is 0 Å². The Balaban J connectivity index is 1.42. The van der Waals surface area contributed by atoms with E-state index in [0.717, 1.165) is 28.7 Å². The first-order valence-corrected chi connectivity index (χ1v) is 10.8. The number of hydrogen-bond acceptors (Lipinski definition) is 6. The van der Waals surface area contributed by atoms with Crippen LogP contribution in [0.4, 0.5) is 5.82 Å². The molecule has 0 aliphatic heterocycles. The van der Waals surface area contributed by atoms with Gasteiger partial charge in [-0.05, 0) is 48.4 Å². The van der Waals surface area contributed by atoms with Gasteiger partial charge in [0.05, 0.1) is 23.9 Å². The minimum absolute atomic E-state index is 0.329. The Morgan fingerprint density at radius 1 is 1.00 bits per heavy atom. The lowest BCUT2D eigenvalue weighted by atomic mass is 10.0. The zero-order chi connectivity index (χ0) is 23.0. The molecule has 0 saturated heterocycles. The number of hydrogen-bond donors (Lipinski definition) is 3. The fourth-order valence-corrected chi connectivity index (χ4v) is 3.65. The van der Waals surface area contributed by atoms with E-state index >= 15 is 0 Å². The van der Waals surface area contributed by atoms with Crippen LogP contribution in [0.3, 0.4) is 0 Å². The van der Waals surface area contributed by atoms with Crippen molar-refractivity contribution in [3.63, 3.8) is 0 Å². The molecule has 0 radical (unpaired) electrons. The van der Waals surface area contributed by atoms with E-state index < -0.39 is 6.23 Å². The zero-order valence-corrected chi connectivity index (χ0v) is 18.4. The summed E-state index contributed by atoms with van der Waals surface area (Å²) in [5.41, 5.74) is 4.70. The molecule has 7 heteroatoms. The number of aryl methyl sites for hydroxylation is 1. The van der Waals surface area contributed by atoms with Crippen LogP contribution in [0.1, 0.15) is 22.7 Å². The molecular formula is C26H26N6O. The number of aromatic nitrogens is 3. The quantitative estimate of drug-likeness (QED) is 0.345. The molecule has 4 rings (SSSR count). The maximum Gasteiger partial charge on any atom is 0.145 e. The lowest BCUT2D eigenvalue weighted by Crippen LogP contribution is -2.38. The van der Waals surface area contributed by atoms with Crippen LogP contribution >= 0.6 is 0 Å². The van der Waals surface area contributed by atoms with Gasteiger partial charge in [-0.3, -0.25) is 4.68 Å². The molecule has 0 saturated carbocycles. The van der Waals surface area contributed by atoms with Gasteiger partial charge >= 0.3 is 0 Å². The number of nitriles is 1. The second-order valence-electron chi connectivity index (χ2n) is 7.83. The SMILES string of the molecule is Cn1cc(-c2ccc(NC(O)C(NCCc3ccc(C#N)cc3)c3ccccc3)nc2)cn1. The van der Waals surface area contributed by atoms with Gasteiger partial charge < -0.3 is 15.7 Å². The molecule has 0 spiro atoms. The second kappa shape index (κ2) is 10.6. The lowest BCUT2D eigenvalue weighted by Gasteiger charge is -2.26. The number of benzene rings is 2. The van der Waals surface area contributed by atoms with Gasteiger partial charge in [0, 0.05) is 30.6 Å². The highest BCUT2D eigenvalue weighted by Gasteiger charge is 2.21. The van der Waals surface area contributed by atoms with Crippen molar-refractivity contribution in [2.45, 2.75) is 18.7 Å². The fraction of sp³-hybridized carbons (Fsp3) is 0.192. The predicted octanol–water partition coefficient (Wildman–Crippen LogP) is 3.66. The summed E-state index contributed by atoms with van der Waals surface area (Å²) in [6.45, 7) is 0.664. The molecule has 2 aromatic heterocycles. The smallest absolute Gasteiger partial charge is 0.145 e. The van der Waals surface area contributed by atoms with Crippen molar-refractivity contribution in [1.29, 1.82) is 5.26 Å². The van der Waals surface area contributed by atoms with Gasteiger partial charge in [-0.25, -0.2) is 4.98 Å². The number of nitrogens with one attached hydrogen (secondary N) is 2. The van der Waals surface area contributed by atoms with Gasteiger partial charge in [-0.15, -0.1) is 0 Å². The first-order chi connectivity index (χ1) is 16.1. The Morgan fingerprint density at radius 2 is 1.79 bits per heavy atom. The predicted molar refractivity (Wildman–Crippen MR) is 128 cm³/mol. The van der Waals surface area contributed by atoms with Crippen LogP contribution < -0.4 is 10.6 Å². The van der Waals surface area contributed by atoms with Crippen molar-refractivity contribution in [1.82, 2.24) is 20.1 Å². The lowest BCUT2D eigenvalue weighted by molar-refractivity contribution is 0.153. The van der Waals surface area contributed by atoms with Crippen LogP contribution in [-0.4, -0.2) is 32.6 Å². The van der Waals surface area contributed by atoms with Crippen LogP contribution in [0.5, 0.6) is 0 Å². The Morgan fingerprint density at radius 3 is 2.42 bits per heavy atom. The summed E-state index contributed by atoms with van der Waals surface area (Å²) in [6.07, 6.45) is 5.39. The third kappa shape index (κ3) is 5.83. The monoisotopic (exact) mass is 438 g/mol. The molecule has 166 valence electrons. The molecule has 2 heterocycles. The van der Waals surface area contributed by atoms with Crippen LogP contribution in [0.15, 0.2) is 85.3 Å². The molecule has 2 aromatic carbocycles. The molecule has 0 bridgehead atoms. The zero-order valence-electron chi connectivity index (χ0n) is 18.4. The van der Waals surface area contributed by atoms with E-state index in [9.17, 15) is 5.11 Å². The Bertz CT molecular complexity index is 1200. The number of nitrogens with zero attached hydrogens (tertiary/aromatic N) is 4. The van der Waals surface area contributed by atoms with E-state index in [0.29, 0.717) is 17.9 Å². The second-order valence-corrected chi connectivity index (χ2v) is 7.83. The highest BCUT2D eigenvalue weighted by atomic mass is 16.3. The Hall–Kier alpha value is -3.99. The van der Waals surface area contributed by atoms with E-state index in [4.69, 9.17) is 5.26 Å². The van der Waals surface area contributed by atoms with Crippen molar-refractivity contribution < 1.29 is 5.11 Å². The number of anilines is 1. The maximum atomic E-state index is 11.0. The molecule has 7 nitrogen and oxygen atoms in total. The van der Waals surface area contributed by atoms with Gasteiger partial charge in [-0.1, -0.05) is 42.5 Å². The standard InChI is InChI=1S/C26H26N6O/c1-32-18-23(17-30-32)22-11-12-24(29-16-22)31-26(33)25(21-5-3-2-4-6-21)28-14-13-19-7-9-20(15-27)10-8-19/h2-12,16-18,25-26,28,33H,13-14H2,1H3,(H,29,31). The van der Waals surface area contributed by atoms with Crippen molar-refractivity contribution in [2.24, 2.45) is 7.05 Å². The average Bonchev–Trinajstić information content (AvgIpc) is 3.29. The molecular weight excluding hydrogens is 412 g/mol. The summed E-state index contributed by atoms with van der Waals surface area (Å²) in [5.74, 6) is 0.588. The Kier molecular flexibility index (Phi) is 7.10. The first-order valence-electron chi connectivity index (χ1n) is 10.8. The highest BCUT2D eigenvalue weighted by molar-refractivity contribution is 5.62. The van der Waals surface area contributed by atoms with Crippen molar-refractivity contribution in [3.8, 4) is 17.2 Å². The van der Waals surface area contributed by atoms with Gasteiger partial charge in [0.15, 0.2) is 0 Å². The van der Waals surface area contributed by atoms with Crippen molar-refractivity contribution in [2.75, 3.05) is 11.9 Å². The van der Waals surface area contributed by atoms with E-state index in [1.54, 1.807) is 17.1 Å². The van der Waals surface area contributed by atoms with E-state index in [1.165, 1.54) is 0 Å². The van der Waals surface area contributed by atoms with Gasteiger partial charge in [0.1, 0.15) is 12.0 Å². The molecule has 33 heavy (non-hydrogen) atoms. The van der Waals surface area contributed by atoms with E-state index in [-0.39, 0.29) is 6.04 Å². The number of rotatable bonds is 9. The third-order valence-corrected chi connectivity index (χ3v) is 5.43. The van der Waals surface area contributed by atoms with Gasteiger partial charge in [0.2, 0.25) is 0 Å². The fourth-order valence-electron chi connectivity index (χ4n) is 3.65. The van der Waals surface area contributed by atoms with E-state index in [2.05, 4.69) is 26.8 Å². The topological polar surface area (TPSA) is 98.8 Å². The normalized spacial score (nSPS) is 12.6. The molecule has 0 amide bonds. The van der Waals surface area contributed by atoms with Crippen LogP contribution in [0.25, 0.3) is 11.1 Å². The first kappa shape index (κ1) is 22.2. The molecule has 0 fully saturated rings. The summed E-state index contributed by atoms with van der Waals surface area (Å²) in [6, 6.07) is 23.0. The van der Waals surface area contributed by atoms with Gasteiger partial charge in [0.25, 0.3) is 0 Å². The number of aliphatic hydroxyl groups is 1. The highest BCUT2D eigenvalue weighted by Crippen LogP contribution is 2.21. The van der Waals surface area contributed by atoms with Crippen molar-refractivity contribution in [3.05, 3.63) is 102 Å². The summed E-state index contributed by atoms with van der Waals surface area (Å²) < 4.78 is 1.75. The Labute approximate surface area is 193 Å². The molecule has 3 N–H and O–H groups in total. The minimum atomic E-state index is -0.884. The third-order valence-electron chi connectivity index (χ3n) is 5.43. The molecule has 4 aromatic rings. The molecule has 0 aliphatic carbocycles. The van der Waals surface area contributed by atoms with Crippen molar-refractivity contribution >= 4 is 5.82 Å².